The van der Waals surface area contributed by atoms with Gasteiger partial charge in [-0.05, 0) is 47.7 Å². The minimum Gasteiger partial charge on any atom is -0.251 e. The van der Waals surface area contributed by atoms with Crippen molar-refractivity contribution in [2.45, 2.75) is 6.92 Å². The third kappa shape index (κ3) is 1.83. The molecule has 0 saturated heterocycles. The van der Waals surface area contributed by atoms with Crippen LogP contribution in [0.4, 0.5) is 0 Å². The number of aromatic nitrogens is 1. The molecular formula is C10H6Cl2IN. The van der Waals surface area contributed by atoms with Gasteiger partial charge in [0.25, 0.3) is 0 Å². The molecule has 1 aromatic heterocycles. The monoisotopic (exact) mass is 337 g/mol. The van der Waals surface area contributed by atoms with Crippen molar-refractivity contribution < 1.29 is 0 Å². The maximum absolute atomic E-state index is 6.10. The van der Waals surface area contributed by atoms with Gasteiger partial charge < -0.3 is 0 Å². The number of halogens is 3. The third-order valence-corrected chi connectivity index (χ3v) is 3.13. The summed E-state index contributed by atoms with van der Waals surface area (Å²) in [6.45, 7) is 1.90. The molecule has 0 saturated carbocycles. The van der Waals surface area contributed by atoms with Crippen LogP contribution < -0.4 is 0 Å². The Labute approximate surface area is 106 Å². The van der Waals surface area contributed by atoms with E-state index < -0.39 is 0 Å². The van der Waals surface area contributed by atoms with E-state index in [1.54, 1.807) is 0 Å². The quantitative estimate of drug-likeness (QED) is 0.647. The van der Waals surface area contributed by atoms with E-state index in [1.165, 1.54) is 0 Å². The Hall–Kier alpha value is -0.0600. The first-order chi connectivity index (χ1) is 6.58. The molecule has 2 aromatic rings. The van der Waals surface area contributed by atoms with Crippen LogP contribution in [0.5, 0.6) is 0 Å². The van der Waals surface area contributed by atoms with Gasteiger partial charge in [0.2, 0.25) is 0 Å². The van der Waals surface area contributed by atoms with Gasteiger partial charge in [-0.15, -0.1) is 0 Å². The number of aryl methyl sites for hydroxylation is 1. The van der Waals surface area contributed by atoms with E-state index in [2.05, 4.69) is 27.6 Å². The van der Waals surface area contributed by atoms with Crippen LogP contribution in [0.15, 0.2) is 18.2 Å². The lowest BCUT2D eigenvalue weighted by Crippen LogP contribution is -1.87. The average molecular weight is 338 g/mol. The Morgan fingerprint density at radius 3 is 2.57 bits per heavy atom. The van der Waals surface area contributed by atoms with Crippen LogP contribution in [0.3, 0.4) is 0 Å². The average Bonchev–Trinajstić information content (AvgIpc) is 2.07. The second kappa shape index (κ2) is 3.83. The number of nitrogens with zero attached hydrogens (tertiary/aromatic N) is 1. The molecule has 0 amide bonds. The summed E-state index contributed by atoms with van der Waals surface area (Å²) in [6, 6.07) is 5.71. The largest absolute Gasteiger partial charge is 0.251 e. The van der Waals surface area contributed by atoms with E-state index in [9.17, 15) is 0 Å². The lowest BCUT2D eigenvalue weighted by Gasteiger charge is -2.04. The molecule has 0 bridgehead atoms. The van der Waals surface area contributed by atoms with Gasteiger partial charge in [0, 0.05) is 14.7 Å². The van der Waals surface area contributed by atoms with Crippen molar-refractivity contribution >= 4 is 56.7 Å². The summed E-state index contributed by atoms with van der Waals surface area (Å²) >= 11 is 14.4. The summed E-state index contributed by atoms with van der Waals surface area (Å²) in [4.78, 5) is 4.36. The molecule has 1 nitrogen and oxygen atoms in total. The van der Waals surface area contributed by atoms with E-state index >= 15 is 0 Å². The first-order valence-electron chi connectivity index (χ1n) is 4.00. The first kappa shape index (κ1) is 10.5. The van der Waals surface area contributed by atoms with Crippen molar-refractivity contribution in [1.29, 1.82) is 0 Å². The Bertz CT molecular complexity index is 464. The molecule has 1 aromatic carbocycles. The van der Waals surface area contributed by atoms with Crippen LogP contribution >= 0.6 is 45.8 Å². The molecule has 72 valence electrons. The van der Waals surface area contributed by atoms with Crippen LogP contribution in [0.1, 0.15) is 5.69 Å². The Kier molecular flexibility index (Phi) is 2.86. The van der Waals surface area contributed by atoms with Crippen LogP contribution in [-0.4, -0.2) is 4.98 Å². The molecule has 4 heteroatoms. The molecule has 0 unspecified atom stereocenters. The van der Waals surface area contributed by atoms with Crippen LogP contribution in [0.25, 0.3) is 10.9 Å². The fraction of sp³-hybridized carbons (Fsp3) is 0.100. The van der Waals surface area contributed by atoms with Crippen molar-refractivity contribution in [3.05, 3.63) is 37.5 Å². The van der Waals surface area contributed by atoms with E-state index in [0.29, 0.717) is 10.0 Å². The van der Waals surface area contributed by atoms with Crippen LogP contribution in [0, 0.1) is 10.5 Å². The number of fused-ring (bicyclic) bond motifs is 1. The van der Waals surface area contributed by atoms with Gasteiger partial charge >= 0.3 is 0 Å². The molecule has 14 heavy (non-hydrogen) atoms. The highest BCUT2D eigenvalue weighted by Crippen LogP contribution is 2.30. The van der Waals surface area contributed by atoms with Gasteiger partial charge in [0.1, 0.15) is 0 Å². The topological polar surface area (TPSA) is 12.9 Å². The summed E-state index contributed by atoms with van der Waals surface area (Å²) in [5.74, 6) is 0. The summed E-state index contributed by atoms with van der Waals surface area (Å²) in [7, 11) is 0. The van der Waals surface area contributed by atoms with E-state index in [4.69, 9.17) is 23.2 Å². The van der Waals surface area contributed by atoms with Crippen molar-refractivity contribution in [2.24, 2.45) is 0 Å². The van der Waals surface area contributed by atoms with Crippen molar-refractivity contribution in [1.82, 2.24) is 4.98 Å². The summed E-state index contributed by atoms with van der Waals surface area (Å²) in [6.07, 6.45) is 0. The maximum atomic E-state index is 6.10. The summed E-state index contributed by atoms with van der Waals surface area (Å²) in [5, 5.41) is 2.26. The highest BCUT2D eigenvalue weighted by molar-refractivity contribution is 14.1. The minimum atomic E-state index is 0.650. The lowest BCUT2D eigenvalue weighted by molar-refractivity contribution is 1.25. The second-order valence-corrected chi connectivity index (χ2v) is 5.09. The Morgan fingerprint density at radius 2 is 1.86 bits per heavy atom. The fourth-order valence-electron chi connectivity index (χ4n) is 1.33. The van der Waals surface area contributed by atoms with E-state index in [1.807, 2.05) is 25.1 Å². The van der Waals surface area contributed by atoms with E-state index in [0.717, 1.165) is 20.2 Å². The fourth-order valence-corrected chi connectivity index (χ4v) is 2.70. The molecule has 0 aliphatic carbocycles. The van der Waals surface area contributed by atoms with Crippen molar-refractivity contribution in [3.8, 4) is 0 Å². The van der Waals surface area contributed by atoms with Gasteiger partial charge in [-0.2, -0.15) is 0 Å². The third-order valence-electron chi connectivity index (χ3n) is 1.91. The predicted molar refractivity (Wildman–Crippen MR) is 69.2 cm³/mol. The zero-order valence-corrected chi connectivity index (χ0v) is 11.0. The zero-order chi connectivity index (χ0) is 10.3. The van der Waals surface area contributed by atoms with Gasteiger partial charge in [-0.1, -0.05) is 23.2 Å². The molecule has 0 spiro atoms. The summed E-state index contributed by atoms with van der Waals surface area (Å²) < 4.78 is 1.06. The molecule has 0 aliphatic heterocycles. The van der Waals surface area contributed by atoms with Crippen LogP contribution in [0.2, 0.25) is 10.0 Å². The molecule has 0 radical (unpaired) electrons. The minimum absolute atomic E-state index is 0.650. The van der Waals surface area contributed by atoms with Gasteiger partial charge in [0.05, 0.1) is 15.6 Å². The highest BCUT2D eigenvalue weighted by Gasteiger charge is 2.06. The number of hydrogen-bond acceptors (Lipinski definition) is 1. The molecule has 0 atom stereocenters. The number of benzene rings is 1. The number of rotatable bonds is 0. The highest BCUT2D eigenvalue weighted by atomic mass is 127. The Balaban J connectivity index is 2.94. The van der Waals surface area contributed by atoms with Crippen molar-refractivity contribution in [2.75, 3.05) is 0 Å². The van der Waals surface area contributed by atoms with Crippen molar-refractivity contribution in [3.63, 3.8) is 0 Å². The number of pyridine rings is 1. The molecule has 0 N–H and O–H groups in total. The molecular weight excluding hydrogens is 332 g/mol. The second-order valence-electron chi connectivity index (χ2n) is 3.03. The maximum Gasteiger partial charge on any atom is 0.0907 e. The SMILES string of the molecule is Cc1cc(Cl)c2cc(I)cc(Cl)c2n1. The normalized spacial score (nSPS) is 10.9. The van der Waals surface area contributed by atoms with E-state index in [-0.39, 0.29) is 0 Å². The predicted octanol–water partition coefficient (Wildman–Crippen LogP) is 4.45. The standard InChI is InChI=1S/C10H6Cl2IN/c1-5-2-8(11)7-3-6(13)4-9(12)10(7)14-5/h2-4H,1H3. The molecule has 1 heterocycles. The Morgan fingerprint density at radius 1 is 1.14 bits per heavy atom. The summed E-state index contributed by atoms with van der Waals surface area (Å²) in [5.41, 5.74) is 1.66. The zero-order valence-electron chi connectivity index (χ0n) is 7.31. The molecule has 0 aliphatic rings. The van der Waals surface area contributed by atoms with Gasteiger partial charge in [-0.25, -0.2) is 0 Å². The smallest absolute Gasteiger partial charge is 0.0907 e. The van der Waals surface area contributed by atoms with Gasteiger partial charge in [0.15, 0.2) is 0 Å². The van der Waals surface area contributed by atoms with Gasteiger partial charge in [-0.3, -0.25) is 4.98 Å². The van der Waals surface area contributed by atoms with Crippen LogP contribution in [-0.2, 0) is 0 Å². The molecule has 2 rings (SSSR count). The number of hydrogen-bond donors (Lipinski definition) is 0. The molecule has 0 fully saturated rings. The first-order valence-corrected chi connectivity index (χ1v) is 5.83. The lowest BCUT2D eigenvalue weighted by atomic mass is 10.2.